The number of carbonyl (C=O) groups excluding carboxylic acids is 2. The Morgan fingerprint density at radius 1 is 0.900 bits per heavy atom. The van der Waals surface area contributed by atoms with Crippen LogP contribution >= 0.6 is 0 Å². The zero-order chi connectivity index (χ0) is 21.4. The number of hydrogen-bond donors (Lipinski definition) is 1. The molecule has 2 aromatic carbocycles. The van der Waals surface area contributed by atoms with Gasteiger partial charge in [-0.1, -0.05) is 18.2 Å². The first-order valence-electron chi connectivity index (χ1n) is 9.52. The van der Waals surface area contributed by atoms with Gasteiger partial charge in [-0.25, -0.2) is 0 Å². The van der Waals surface area contributed by atoms with Gasteiger partial charge in [0, 0.05) is 29.2 Å². The zero-order valence-corrected chi connectivity index (χ0v) is 17.2. The molecule has 0 radical (unpaired) electrons. The van der Waals surface area contributed by atoms with Gasteiger partial charge in [-0.3, -0.25) is 14.9 Å². The van der Waals surface area contributed by atoms with Gasteiger partial charge in [-0.15, -0.1) is 0 Å². The van der Waals surface area contributed by atoms with Gasteiger partial charge in [-0.05, 0) is 30.7 Å². The van der Waals surface area contributed by atoms with Crippen LogP contribution in [-0.2, 0) is 16.1 Å². The fraction of sp³-hybridized carbons (Fsp3) is 0.217. The van der Waals surface area contributed by atoms with E-state index < -0.39 is 11.8 Å². The third-order valence-electron chi connectivity index (χ3n) is 5.28. The molecule has 1 aromatic heterocycles. The molecule has 0 spiro atoms. The Morgan fingerprint density at radius 2 is 1.53 bits per heavy atom. The van der Waals surface area contributed by atoms with E-state index in [4.69, 9.17) is 14.2 Å². The van der Waals surface area contributed by atoms with Crippen LogP contribution in [0.5, 0.6) is 17.2 Å². The van der Waals surface area contributed by atoms with Gasteiger partial charge >= 0.3 is 0 Å². The fourth-order valence-electron chi connectivity index (χ4n) is 3.92. The molecule has 0 saturated carbocycles. The molecule has 0 aliphatic carbocycles. The normalized spacial score (nSPS) is 13.7. The van der Waals surface area contributed by atoms with Crippen LogP contribution < -0.4 is 19.5 Å². The molecule has 0 fully saturated rings. The molecule has 0 atom stereocenters. The van der Waals surface area contributed by atoms with Crippen LogP contribution in [0.1, 0.15) is 18.1 Å². The van der Waals surface area contributed by atoms with Gasteiger partial charge < -0.3 is 18.8 Å². The lowest BCUT2D eigenvalue weighted by Crippen LogP contribution is -2.22. The van der Waals surface area contributed by atoms with Crippen molar-refractivity contribution in [3.05, 3.63) is 53.7 Å². The number of fused-ring (bicyclic) bond motifs is 1. The second-order valence-electron chi connectivity index (χ2n) is 6.79. The second kappa shape index (κ2) is 7.59. The molecular weight excluding hydrogens is 384 g/mol. The number of hydrogen-bond acceptors (Lipinski definition) is 5. The van der Waals surface area contributed by atoms with Crippen molar-refractivity contribution < 1.29 is 23.8 Å². The van der Waals surface area contributed by atoms with Gasteiger partial charge in [-0.2, -0.15) is 0 Å². The molecule has 1 aliphatic rings. The average molecular weight is 406 g/mol. The maximum Gasteiger partial charge on any atom is 0.259 e. The van der Waals surface area contributed by atoms with Crippen molar-refractivity contribution in [2.75, 3.05) is 21.3 Å². The lowest BCUT2D eigenvalue weighted by atomic mass is 9.95. The van der Waals surface area contributed by atoms with Crippen molar-refractivity contribution in [1.29, 1.82) is 0 Å². The van der Waals surface area contributed by atoms with E-state index in [1.807, 2.05) is 37.4 Å². The van der Waals surface area contributed by atoms with Crippen LogP contribution in [0, 0.1) is 0 Å². The van der Waals surface area contributed by atoms with Crippen molar-refractivity contribution in [3.8, 4) is 17.2 Å². The van der Waals surface area contributed by atoms with Crippen LogP contribution in [-0.4, -0.2) is 37.7 Å². The Kier molecular flexibility index (Phi) is 4.95. The Labute approximate surface area is 173 Å². The molecule has 154 valence electrons. The number of nitrogens with zero attached hydrogens (tertiary/aromatic N) is 1. The summed E-state index contributed by atoms with van der Waals surface area (Å²) in [5.74, 6) is 0.335. The van der Waals surface area contributed by atoms with Crippen molar-refractivity contribution in [2.24, 2.45) is 0 Å². The quantitative estimate of drug-likeness (QED) is 0.636. The van der Waals surface area contributed by atoms with Crippen molar-refractivity contribution in [2.45, 2.75) is 13.5 Å². The monoisotopic (exact) mass is 406 g/mol. The number of benzene rings is 2. The van der Waals surface area contributed by atoms with E-state index in [-0.39, 0.29) is 5.57 Å². The predicted molar refractivity (Wildman–Crippen MR) is 114 cm³/mol. The highest BCUT2D eigenvalue weighted by Crippen LogP contribution is 2.43. The third kappa shape index (κ3) is 2.90. The topological polar surface area (TPSA) is 78.8 Å². The molecule has 1 aliphatic heterocycles. The molecule has 0 bridgehead atoms. The van der Waals surface area contributed by atoms with Gasteiger partial charge in [0.15, 0.2) is 11.5 Å². The fourth-order valence-corrected chi connectivity index (χ4v) is 3.92. The number of aromatic nitrogens is 1. The minimum Gasteiger partial charge on any atom is -0.493 e. The van der Waals surface area contributed by atoms with Crippen molar-refractivity contribution in [3.63, 3.8) is 0 Å². The minimum absolute atomic E-state index is 0.276. The number of rotatable bonds is 6. The Balaban J connectivity index is 2.03. The molecule has 2 amide bonds. The Bertz CT molecular complexity index is 1180. The summed E-state index contributed by atoms with van der Waals surface area (Å²) in [5.41, 5.74) is 2.82. The van der Waals surface area contributed by atoms with Crippen LogP contribution in [0.3, 0.4) is 0 Å². The molecule has 2 heterocycles. The zero-order valence-electron chi connectivity index (χ0n) is 17.2. The molecule has 3 aromatic rings. The predicted octanol–water partition coefficient (Wildman–Crippen LogP) is 3.25. The molecule has 30 heavy (non-hydrogen) atoms. The number of nitrogens with one attached hydrogen (secondary N) is 1. The van der Waals surface area contributed by atoms with E-state index >= 15 is 0 Å². The average Bonchev–Trinajstić information content (AvgIpc) is 3.28. The standard InChI is InChI=1S/C23H22N2O5/c1-5-25-12-15(14-8-6-7-9-16(14)25)20-19(22(26)24-23(20)27)13-10-17(28-2)21(30-4)18(11-13)29-3/h6-12H,5H2,1-4H3,(H,24,26,27). The molecule has 1 N–H and O–H groups in total. The van der Waals surface area contributed by atoms with Crippen molar-refractivity contribution >= 4 is 33.9 Å². The van der Waals surface area contributed by atoms with E-state index in [1.54, 1.807) is 12.1 Å². The van der Waals surface area contributed by atoms with Gasteiger partial charge in [0.1, 0.15) is 0 Å². The SMILES string of the molecule is CCn1cc(C2=C(c3cc(OC)c(OC)c(OC)c3)C(=O)NC2=O)c2ccccc21. The van der Waals surface area contributed by atoms with Gasteiger partial charge in [0.2, 0.25) is 5.75 Å². The first-order valence-corrected chi connectivity index (χ1v) is 9.52. The molecular formula is C23H22N2O5. The molecule has 0 saturated heterocycles. The summed E-state index contributed by atoms with van der Waals surface area (Å²) in [6.45, 7) is 2.77. The maximum atomic E-state index is 12.9. The minimum atomic E-state index is -0.461. The van der Waals surface area contributed by atoms with Crippen LogP contribution in [0.2, 0.25) is 0 Å². The first kappa shape index (κ1) is 19.6. The van der Waals surface area contributed by atoms with Gasteiger partial charge in [0.05, 0.1) is 32.5 Å². The number of carbonyl (C=O) groups is 2. The van der Waals surface area contributed by atoms with Crippen LogP contribution in [0.4, 0.5) is 0 Å². The smallest absolute Gasteiger partial charge is 0.259 e. The lowest BCUT2D eigenvalue weighted by Gasteiger charge is -2.14. The molecule has 7 nitrogen and oxygen atoms in total. The summed E-state index contributed by atoms with van der Waals surface area (Å²) in [6.07, 6.45) is 1.91. The van der Waals surface area contributed by atoms with E-state index in [0.717, 1.165) is 17.4 Å². The number of ether oxygens (including phenoxy) is 3. The summed E-state index contributed by atoms with van der Waals surface area (Å²) in [4.78, 5) is 25.7. The number of para-hydroxylation sites is 1. The maximum absolute atomic E-state index is 12.9. The summed E-state index contributed by atoms with van der Waals surface area (Å²) in [5, 5.41) is 3.34. The third-order valence-corrected chi connectivity index (χ3v) is 5.28. The van der Waals surface area contributed by atoms with E-state index in [2.05, 4.69) is 9.88 Å². The highest BCUT2D eigenvalue weighted by molar-refractivity contribution is 6.50. The number of amides is 2. The second-order valence-corrected chi connectivity index (χ2v) is 6.79. The molecule has 7 heteroatoms. The Morgan fingerprint density at radius 3 is 2.13 bits per heavy atom. The summed E-state index contributed by atoms with van der Waals surface area (Å²) < 4.78 is 18.3. The first-order chi connectivity index (χ1) is 14.5. The number of imide groups is 1. The summed E-state index contributed by atoms with van der Waals surface area (Å²) in [7, 11) is 4.52. The largest absolute Gasteiger partial charge is 0.493 e. The van der Waals surface area contributed by atoms with E-state index in [1.165, 1.54) is 21.3 Å². The lowest BCUT2D eigenvalue weighted by molar-refractivity contribution is -0.122. The number of methoxy groups -OCH3 is 3. The van der Waals surface area contributed by atoms with Crippen LogP contribution in [0.25, 0.3) is 22.0 Å². The summed E-state index contributed by atoms with van der Waals surface area (Å²) in [6, 6.07) is 11.2. The Hall–Kier alpha value is -3.74. The van der Waals surface area contributed by atoms with Crippen LogP contribution in [0.15, 0.2) is 42.6 Å². The number of aryl methyl sites for hydroxylation is 1. The summed E-state index contributed by atoms with van der Waals surface area (Å²) >= 11 is 0. The van der Waals surface area contributed by atoms with E-state index in [9.17, 15) is 9.59 Å². The highest BCUT2D eigenvalue weighted by atomic mass is 16.5. The highest BCUT2D eigenvalue weighted by Gasteiger charge is 2.34. The molecule has 4 rings (SSSR count). The molecule has 0 unspecified atom stereocenters. The van der Waals surface area contributed by atoms with E-state index in [0.29, 0.717) is 33.9 Å². The van der Waals surface area contributed by atoms with Crippen molar-refractivity contribution in [1.82, 2.24) is 9.88 Å². The van der Waals surface area contributed by atoms with Gasteiger partial charge in [0.25, 0.3) is 11.8 Å².